The summed E-state index contributed by atoms with van der Waals surface area (Å²) in [6.45, 7) is 8.50. The fraction of sp³-hybridized carbons (Fsp3) is 0.533. The zero-order chi connectivity index (χ0) is 24.2. The summed E-state index contributed by atoms with van der Waals surface area (Å²) in [6.07, 6.45) is 9.21. The van der Waals surface area contributed by atoms with Gasteiger partial charge >= 0.3 is 0 Å². The lowest BCUT2D eigenvalue weighted by molar-refractivity contribution is -0.118. The van der Waals surface area contributed by atoms with Crippen LogP contribution in [-0.2, 0) is 9.59 Å². The van der Waals surface area contributed by atoms with Gasteiger partial charge in [-0.05, 0) is 97.9 Å². The predicted molar refractivity (Wildman–Crippen MR) is 141 cm³/mol. The van der Waals surface area contributed by atoms with Gasteiger partial charge < -0.3 is 10.6 Å². The van der Waals surface area contributed by atoms with Crippen LogP contribution in [-0.4, -0.2) is 11.8 Å². The van der Waals surface area contributed by atoms with Crippen molar-refractivity contribution in [1.29, 1.82) is 0 Å². The molecule has 2 aromatic rings. The van der Waals surface area contributed by atoms with Gasteiger partial charge in [-0.15, -0.1) is 0 Å². The van der Waals surface area contributed by atoms with Crippen LogP contribution in [0.25, 0.3) is 11.1 Å². The molecular formula is C30H40N2O2. The highest BCUT2D eigenvalue weighted by molar-refractivity contribution is 5.96. The highest BCUT2D eigenvalue weighted by Gasteiger charge is 2.42. The van der Waals surface area contributed by atoms with Gasteiger partial charge in [0, 0.05) is 23.2 Å². The average Bonchev–Trinajstić information content (AvgIpc) is 3.74. The lowest BCUT2D eigenvalue weighted by Crippen LogP contribution is -2.15. The molecule has 4 heteroatoms. The Balaban J connectivity index is 1.35. The number of nitrogens with one attached hydrogen (secondary N) is 2. The third-order valence-corrected chi connectivity index (χ3v) is 7.68. The number of unbranched alkanes of at least 4 members (excludes halogenated alkanes) is 2. The van der Waals surface area contributed by atoms with E-state index in [9.17, 15) is 9.59 Å². The van der Waals surface area contributed by atoms with E-state index in [2.05, 4.69) is 48.7 Å². The van der Waals surface area contributed by atoms with Gasteiger partial charge in [-0.1, -0.05) is 51.7 Å². The minimum absolute atomic E-state index is 0.167. The second-order valence-electron chi connectivity index (χ2n) is 10.5. The highest BCUT2D eigenvalue weighted by atomic mass is 16.2. The summed E-state index contributed by atoms with van der Waals surface area (Å²) >= 11 is 0. The monoisotopic (exact) mass is 460 g/mol. The topological polar surface area (TPSA) is 58.2 Å². The Labute approximate surface area is 204 Å². The summed E-state index contributed by atoms with van der Waals surface area (Å²) in [6, 6.07) is 12.4. The molecule has 0 aromatic heterocycles. The van der Waals surface area contributed by atoms with Crippen LogP contribution in [0.2, 0.25) is 0 Å². The summed E-state index contributed by atoms with van der Waals surface area (Å²) in [7, 11) is 0. The van der Waals surface area contributed by atoms with E-state index in [1.807, 2.05) is 26.0 Å². The molecule has 2 amide bonds. The molecule has 2 aliphatic rings. The lowest BCUT2D eigenvalue weighted by Gasteiger charge is -2.13. The van der Waals surface area contributed by atoms with Crippen LogP contribution in [0, 0.1) is 37.5 Å². The van der Waals surface area contributed by atoms with Crippen molar-refractivity contribution in [3.05, 3.63) is 47.5 Å². The minimum atomic E-state index is 0.167. The van der Waals surface area contributed by atoms with E-state index in [0.717, 1.165) is 46.5 Å². The number of hydrogen-bond donors (Lipinski definition) is 2. The van der Waals surface area contributed by atoms with Crippen LogP contribution < -0.4 is 10.6 Å². The van der Waals surface area contributed by atoms with Crippen molar-refractivity contribution in [1.82, 2.24) is 0 Å². The first kappa shape index (κ1) is 24.5. The van der Waals surface area contributed by atoms with Gasteiger partial charge in [0.15, 0.2) is 0 Å². The SMILES string of the molecule is CCCC[C@@H]1C[C@@H]1C(=O)Nc1ccc(-c2ccc(NC(=O)[C@@H]3C[C@H]3CCCC)c(C)c2)cc1C. The summed E-state index contributed by atoms with van der Waals surface area (Å²) in [4.78, 5) is 25.2. The maximum atomic E-state index is 12.6. The standard InChI is InChI=1S/C30H40N2O2/c1-5-7-9-23-17-25(23)29(33)31-27-13-11-21(15-19(27)3)22-12-14-28(20(4)16-22)32-30(34)26-18-24(26)10-8-6-2/h11-16,23-26H,5-10,17-18H2,1-4H3,(H,31,33)(H,32,34)/t23-,24-,25-,26+/m1/s1. The van der Waals surface area contributed by atoms with Crippen molar-refractivity contribution < 1.29 is 9.59 Å². The number of benzene rings is 2. The lowest BCUT2D eigenvalue weighted by atomic mass is 9.99. The van der Waals surface area contributed by atoms with Gasteiger partial charge in [0.1, 0.15) is 0 Å². The number of hydrogen-bond acceptors (Lipinski definition) is 2. The van der Waals surface area contributed by atoms with Gasteiger partial charge in [-0.25, -0.2) is 0 Å². The molecule has 0 unspecified atom stereocenters. The van der Waals surface area contributed by atoms with Gasteiger partial charge in [0.2, 0.25) is 11.8 Å². The molecule has 0 radical (unpaired) electrons. The second-order valence-corrected chi connectivity index (χ2v) is 10.5. The Morgan fingerprint density at radius 1 is 0.735 bits per heavy atom. The van der Waals surface area contributed by atoms with Crippen molar-refractivity contribution in [3.8, 4) is 11.1 Å². The van der Waals surface area contributed by atoms with Crippen molar-refractivity contribution in [2.24, 2.45) is 23.7 Å². The minimum Gasteiger partial charge on any atom is -0.326 e. The molecule has 0 spiro atoms. The smallest absolute Gasteiger partial charge is 0.227 e. The van der Waals surface area contributed by atoms with E-state index in [1.54, 1.807) is 0 Å². The molecule has 2 aliphatic carbocycles. The average molecular weight is 461 g/mol. The van der Waals surface area contributed by atoms with Crippen molar-refractivity contribution in [2.45, 2.75) is 79.1 Å². The number of aryl methyl sites for hydroxylation is 2. The first-order chi connectivity index (χ1) is 16.4. The highest BCUT2D eigenvalue weighted by Crippen LogP contribution is 2.44. The van der Waals surface area contributed by atoms with E-state index in [0.29, 0.717) is 11.8 Å². The van der Waals surface area contributed by atoms with Gasteiger partial charge in [-0.2, -0.15) is 0 Å². The van der Waals surface area contributed by atoms with E-state index in [4.69, 9.17) is 0 Å². The van der Waals surface area contributed by atoms with Crippen LogP contribution in [0.1, 0.15) is 76.3 Å². The normalized spacial score (nSPS) is 22.8. The number of carbonyl (C=O) groups excluding carboxylic acids is 2. The second kappa shape index (κ2) is 10.8. The molecule has 4 rings (SSSR count). The van der Waals surface area contributed by atoms with Gasteiger partial charge in [0.05, 0.1) is 0 Å². The maximum Gasteiger partial charge on any atom is 0.227 e. The maximum absolute atomic E-state index is 12.6. The Morgan fingerprint density at radius 3 is 1.50 bits per heavy atom. The Hall–Kier alpha value is -2.62. The Morgan fingerprint density at radius 2 is 1.15 bits per heavy atom. The first-order valence-electron chi connectivity index (χ1n) is 13.2. The summed E-state index contributed by atoms with van der Waals surface area (Å²) < 4.78 is 0. The summed E-state index contributed by atoms with van der Waals surface area (Å²) in [5, 5.41) is 6.29. The third kappa shape index (κ3) is 5.89. The molecule has 0 heterocycles. The summed E-state index contributed by atoms with van der Waals surface area (Å²) in [5.41, 5.74) is 6.17. The molecule has 0 bridgehead atoms. The fourth-order valence-corrected chi connectivity index (χ4v) is 5.13. The zero-order valence-electron chi connectivity index (χ0n) is 21.2. The fourth-order valence-electron chi connectivity index (χ4n) is 5.13. The van der Waals surface area contributed by atoms with Crippen LogP contribution in [0.5, 0.6) is 0 Å². The van der Waals surface area contributed by atoms with E-state index < -0.39 is 0 Å². The van der Waals surface area contributed by atoms with Crippen molar-refractivity contribution in [3.63, 3.8) is 0 Å². The van der Waals surface area contributed by atoms with Crippen LogP contribution in [0.15, 0.2) is 36.4 Å². The Kier molecular flexibility index (Phi) is 7.75. The molecule has 2 N–H and O–H groups in total. The number of anilines is 2. The van der Waals surface area contributed by atoms with Crippen LogP contribution in [0.3, 0.4) is 0 Å². The van der Waals surface area contributed by atoms with E-state index >= 15 is 0 Å². The molecule has 182 valence electrons. The summed E-state index contributed by atoms with van der Waals surface area (Å²) in [5.74, 6) is 1.86. The number of carbonyl (C=O) groups is 2. The molecule has 4 atom stereocenters. The molecule has 4 nitrogen and oxygen atoms in total. The van der Waals surface area contributed by atoms with Crippen molar-refractivity contribution in [2.75, 3.05) is 10.6 Å². The van der Waals surface area contributed by atoms with Crippen LogP contribution >= 0.6 is 0 Å². The predicted octanol–water partition coefficient (Wildman–Crippen LogP) is 7.50. The van der Waals surface area contributed by atoms with E-state index in [1.165, 1.54) is 38.5 Å². The Bertz CT molecular complexity index is 961. The zero-order valence-corrected chi connectivity index (χ0v) is 21.2. The third-order valence-electron chi connectivity index (χ3n) is 7.68. The molecular weight excluding hydrogens is 420 g/mol. The molecule has 0 aliphatic heterocycles. The molecule has 2 fully saturated rings. The molecule has 34 heavy (non-hydrogen) atoms. The largest absolute Gasteiger partial charge is 0.326 e. The molecule has 0 saturated heterocycles. The van der Waals surface area contributed by atoms with Crippen LogP contribution in [0.4, 0.5) is 11.4 Å². The molecule has 2 aromatic carbocycles. The van der Waals surface area contributed by atoms with Gasteiger partial charge in [-0.3, -0.25) is 9.59 Å². The number of rotatable bonds is 11. The quantitative estimate of drug-likeness (QED) is 0.365. The van der Waals surface area contributed by atoms with Crippen molar-refractivity contribution >= 4 is 23.2 Å². The van der Waals surface area contributed by atoms with E-state index in [-0.39, 0.29) is 23.7 Å². The van der Waals surface area contributed by atoms with Gasteiger partial charge in [0.25, 0.3) is 0 Å². The first-order valence-corrected chi connectivity index (χ1v) is 13.2. The molecule has 2 saturated carbocycles. The number of amides is 2.